The van der Waals surface area contributed by atoms with E-state index in [-0.39, 0.29) is 0 Å². The largest absolute Gasteiger partial charge is 0.367 e. The van der Waals surface area contributed by atoms with Crippen molar-refractivity contribution in [1.82, 2.24) is 14.9 Å². The van der Waals surface area contributed by atoms with Crippen LogP contribution in [0.2, 0.25) is 0 Å². The van der Waals surface area contributed by atoms with Gasteiger partial charge in [-0.15, -0.1) is 11.8 Å². The van der Waals surface area contributed by atoms with Crippen molar-refractivity contribution in [1.29, 1.82) is 0 Å². The molecule has 0 atom stereocenters. The zero-order valence-electron chi connectivity index (χ0n) is 11.9. The van der Waals surface area contributed by atoms with Crippen LogP contribution in [0.25, 0.3) is 0 Å². The fourth-order valence-electron chi connectivity index (χ4n) is 1.64. The summed E-state index contributed by atoms with van der Waals surface area (Å²) < 4.78 is 0. The Labute approximate surface area is 124 Å². The molecular formula is C15H20N4S. The standard InChI is InChI=1S/C15H20N4S/c1-19(2)9-8-17-14-10-16-11-15(18-14)20-12-13-6-4-3-5-7-13/h3-7,10-11H,8-9,12H2,1-2H3,(H,17,18). The van der Waals surface area contributed by atoms with Gasteiger partial charge in [-0.2, -0.15) is 0 Å². The maximum absolute atomic E-state index is 4.56. The van der Waals surface area contributed by atoms with Gasteiger partial charge in [0.1, 0.15) is 10.8 Å². The molecule has 0 saturated heterocycles. The molecule has 0 aliphatic rings. The molecule has 1 N–H and O–H groups in total. The van der Waals surface area contributed by atoms with Crippen LogP contribution in [0.3, 0.4) is 0 Å². The van der Waals surface area contributed by atoms with Gasteiger partial charge in [0.25, 0.3) is 0 Å². The average Bonchev–Trinajstić information content (AvgIpc) is 2.46. The molecule has 1 heterocycles. The molecule has 106 valence electrons. The van der Waals surface area contributed by atoms with Crippen molar-refractivity contribution < 1.29 is 0 Å². The van der Waals surface area contributed by atoms with E-state index in [9.17, 15) is 0 Å². The Morgan fingerprint density at radius 3 is 2.70 bits per heavy atom. The third-order valence-corrected chi connectivity index (χ3v) is 3.68. The molecule has 0 aliphatic carbocycles. The first-order chi connectivity index (χ1) is 9.74. The molecule has 5 heteroatoms. The van der Waals surface area contributed by atoms with Crippen molar-refractivity contribution in [3.8, 4) is 0 Å². The lowest BCUT2D eigenvalue weighted by Gasteiger charge is -2.11. The van der Waals surface area contributed by atoms with Gasteiger partial charge in [0.15, 0.2) is 0 Å². The van der Waals surface area contributed by atoms with Gasteiger partial charge in [-0.05, 0) is 19.7 Å². The van der Waals surface area contributed by atoms with Crippen molar-refractivity contribution in [2.45, 2.75) is 10.8 Å². The number of nitrogens with zero attached hydrogens (tertiary/aromatic N) is 3. The highest BCUT2D eigenvalue weighted by molar-refractivity contribution is 7.98. The van der Waals surface area contributed by atoms with Gasteiger partial charge < -0.3 is 10.2 Å². The smallest absolute Gasteiger partial charge is 0.145 e. The van der Waals surface area contributed by atoms with Crippen LogP contribution in [-0.4, -0.2) is 42.1 Å². The van der Waals surface area contributed by atoms with E-state index in [0.717, 1.165) is 29.7 Å². The van der Waals surface area contributed by atoms with E-state index in [1.165, 1.54) is 5.56 Å². The summed E-state index contributed by atoms with van der Waals surface area (Å²) in [4.78, 5) is 10.9. The van der Waals surface area contributed by atoms with E-state index in [4.69, 9.17) is 0 Å². The van der Waals surface area contributed by atoms with Gasteiger partial charge in [0.05, 0.1) is 12.4 Å². The van der Waals surface area contributed by atoms with Crippen LogP contribution in [0.15, 0.2) is 47.8 Å². The second kappa shape index (κ2) is 7.87. The van der Waals surface area contributed by atoms with Gasteiger partial charge in [-0.25, -0.2) is 4.98 Å². The molecule has 0 saturated carbocycles. The Morgan fingerprint density at radius 2 is 1.95 bits per heavy atom. The minimum Gasteiger partial charge on any atom is -0.367 e. The van der Waals surface area contributed by atoms with E-state index >= 15 is 0 Å². The Hall–Kier alpha value is -1.59. The predicted molar refractivity (Wildman–Crippen MR) is 85.1 cm³/mol. The number of likely N-dealkylation sites (N-methyl/N-ethyl adjacent to an activating group) is 1. The monoisotopic (exact) mass is 288 g/mol. The lowest BCUT2D eigenvalue weighted by Crippen LogP contribution is -2.21. The molecule has 4 nitrogen and oxygen atoms in total. The lowest BCUT2D eigenvalue weighted by atomic mass is 10.2. The Bertz CT molecular complexity index is 516. The second-order valence-corrected chi connectivity index (χ2v) is 5.74. The molecule has 2 aromatic rings. The first kappa shape index (κ1) is 14.8. The summed E-state index contributed by atoms with van der Waals surface area (Å²) >= 11 is 1.70. The van der Waals surface area contributed by atoms with E-state index in [1.54, 1.807) is 18.0 Å². The van der Waals surface area contributed by atoms with Crippen LogP contribution in [0.4, 0.5) is 5.82 Å². The van der Waals surface area contributed by atoms with Gasteiger partial charge >= 0.3 is 0 Å². The number of thioether (sulfide) groups is 1. The molecular weight excluding hydrogens is 268 g/mol. The van der Waals surface area contributed by atoms with Crippen LogP contribution in [0.1, 0.15) is 5.56 Å². The zero-order valence-corrected chi connectivity index (χ0v) is 12.7. The maximum atomic E-state index is 4.56. The van der Waals surface area contributed by atoms with Crippen molar-refractivity contribution in [3.63, 3.8) is 0 Å². The first-order valence-electron chi connectivity index (χ1n) is 6.61. The van der Waals surface area contributed by atoms with Crippen molar-refractivity contribution >= 4 is 17.6 Å². The lowest BCUT2D eigenvalue weighted by molar-refractivity contribution is 0.425. The number of aromatic nitrogens is 2. The summed E-state index contributed by atoms with van der Waals surface area (Å²) in [6, 6.07) is 10.4. The van der Waals surface area contributed by atoms with Crippen molar-refractivity contribution in [2.24, 2.45) is 0 Å². The average molecular weight is 288 g/mol. The topological polar surface area (TPSA) is 41.0 Å². The van der Waals surface area contributed by atoms with Gasteiger partial charge in [0, 0.05) is 18.8 Å². The third-order valence-electron chi connectivity index (χ3n) is 2.71. The van der Waals surface area contributed by atoms with Crippen molar-refractivity contribution in [2.75, 3.05) is 32.5 Å². The molecule has 20 heavy (non-hydrogen) atoms. The fraction of sp³-hybridized carbons (Fsp3) is 0.333. The van der Waals surface area contributed by atoms with Crippen molar-refractivity contribution in [3.05, 3.63) is 48.3 Å². The highest BCUT2D eigenvalue weighted by Crippen LogP contribution is 2.20. The third kappa shape index (κ3) is 5.19. The molecule has 0 radical (unpaired) electrons. The number of hydrogen-bond acceptors (Lipinski definition) is 5. The molecule has 0 amide bonds. The predicted octanol–water partition coefficient (Wildman–Crippen LogP) is 2.74. The number of hydrogen-bond donors (Lipinski definition) is 1. The highest BCUT2D eigenvalue weighted by Gasteiger charge is 2.00. The van der Waals surface area contributed by atoms with Gasteiger partial charge in [-0.3, -0.25) is 4.98 Å². The first-order valence-corrected chi connectivity index (χ1v) is 7.60. The molecule has 0 unspecified atom stereocenters. The number of nitrogens with one attached hydrogen (secondary N) is 1. The van der Waals surface area contributed by atoms with E-state index < -0.39 is 0 Å². The Morgan fingerprint density at radius 1 is 1.15 bits per heavy atom. The summed E-state index contributed by atoms with van der Waals surface area (Å²) in [7, 11) is 4.11. The Kier molecular flexibility index (Phi) is 5.83. The molecule has 0 bridgehead atoms. The summed E-state index contributed by atoms with van der Waals surface area (Å²) in [6.07, 6.45) is 3.58. The summed E-state index contributed by atoms with van der Waals surface area (Å²) in [5.74, 6) is 1.75. The van der Waals surface area contributed by atoms with Crippen LogP contribution >= 0.6 is 11.8 Å². The minimum absolute atomic E-state index is 0.838. The molecule has 0 aliphatic heterocycles. The minimum atomic E-state index is 0.838. The zero-order chi connectivity index (χ0) is 14.2. The summed E-state index contributed by atoms with van der Waals surface area (Å²) in [5, 5.41) is 4.23. The highest BCUT2D eigenvalue weighted by atomic mass is 32.2. The van der Waals surface area contributed by atoms with Gasteiger partial charge in [0.2, 0.25) is 0 Å². The number of rotatable bonds is 7. The van der Waals surface area contributed by atoms with E-state index in [1.807, 2.05) is 12.3 Å². The normalized spacial score (nSPS) is 10.8. The summed E-state index contributed by atoms with van der Waals surface area (Å²) in [6.45, 7) is 1.84. The molecule has 0 fully saturated rings. The molecule has 2 rings (SSSR count). The van der Waals surface area contributed by atoms with E-state index in [2.05, 4.69) is 58.5 Å². The van der Waals surface area contributed by atoms with Gasteiger partial charge in [-0.1, -0.05) is 30.3 Å². The van der Waals surface area contributed by atoms with Crippen LogP contribution in [0, 0.1) is 0 Å². The van der Waals surface area contributed by atoms with E-state index in [0.29, 0.717) is 0 Å². The van der Waals surface area contributed by atoms with Crippen LogP contribution in [-0.2, 0) is 5.75 Å². The molecule has 1 aromatic carbocycles. The Balaban J connectivity index is 1.86. The molecule has 1 aromatic heterocycles. The number of anilines is 1. The summed E-state index contributed by atoms with van der Waals surface area (Å²) in [5.41, 5.74) is 1.30. The number of benzene rings is 1. The van der Waals surface area contributed by atoms with Crippen LogP contribution in [0.5, 0.6) is 0 Å². The van der Waals surface area contributed by atoms with Crippen LogP contribution < -0.4 is 5.32 Å². The maximum Gasteiger partial charge on any atom is 0.145 e. The molecule has 0 spiro atoms. The fourth-order valence-corrected chi connectivity index (χ4v) is 2.45. The SMILES string of the molecule is CN(C)CCNc1cncc(SCc2ccccc2)n1. The second-order valence-electron chi connectivity index (χ2n) is 4.75. The quantitative estimate of drug-likeness (QED) is 0.793.